The third-order valence-corrected chi connectivity index (χ3v) is 6.97. The van der Waals surface area contributed by atoms with Crippen molar-refractivity contribution in [1.82, 2.24) is 0 Å². The Morgan fingerprint density at radius 1 is 0.396 bits per heavy atom. The lowest BCUT2D eigenvalue weighted by molar-refractivity contribution is -0.883. The second kappa shape index (κ2) is 13.0. The Balaban J connectivity index is 7.29. The van der Waals surface area contributed by atoms with Crippen molar-refractivity contribution in [3.63, 3.8) is 0 Å². The van der Waals surface area contributed by atoms with Gasteiger partial charge in [-0.1, -0.05) is 0 Å². The first-order chi connectivity index (χ1) is 22.4. The average Bonchev–Trinajstić information content (AvgIpc) is 2.89. The summed E-state index contributed by atoms with van der Waals surface area (Å²) in [6, 6.07) is 0. The highest BCUT2D eigenvalue weighted by molar-refractivity contribution is 5.67. The van der Waals surface area contributed by atoms with E-state index in [9.17, 15) is 132 Å². The van der Waals surface area contributed by atoms with Crippen LogP contribution in [0.3, 0.4) is 0 Å². The van der Waals surface area contributed by atoms with Crippen molar-refractivity contribution in [1.29, 1.82) is 0 Å². The van der Waals surface area contributed by atoms with E-state index in [4.69, 9.17) is 5.11 Å². The highest BCUT2D eigenvalue weighted by Gasteiger charge is 3.00. The van der Waals surface area contributed by atoms with E-state index in [0.29, 0.717) is 0 Å². The highest BCUT2D eigenvalue weighted by Crippen LogP contribution is 2.69. The summed E-state index contributed by atoms with van der Waals surface area (Å²) in [6.45, 7) is -2.27. The number of hydrogen-bond donors (Lipinski definition) is 1. The number of carboxylic acid groups (broad SMARTS) is 1. The molecule has 0 aliphatic heterocycles. The summed E-state index contributed by atoms with van der Waals surface area (Å²) >= 11 is 0. The summed E-state index contributed by atoms with van der Waals surface area (Å²) in [5, 5.41) is 8.59. The third-order valence-electron chi connectivity index (χ3n) is 6.97. The van der Waals surface area contributed by atoms with Crippen molar-refractivity contribution >= 4 is 5.97 Å². The van der Waals surface area contributed by atoms with Crippen LogP contribution in [0, 0.1) is 0 Å². The van der Waals surface area contributed by atoms with Crippen molar-refractivity contribution in [2.24, 2.45) is 0 Å². The van der Waals surface area contributed by atoms with Gasteiger partial charge in [-0.05, 0) is 0 Å². The smallest absolute Gasteiger partial charge is 0.460 e. The minimum absolute atomic E-state index is 0.773. The van der Waals surface area contributed by atoms with Crippen LogP contribution in [0.15, 0.2) is 0 Å². The second-order valence-electron chi connectivity index (χ2n) is 11.4. The van der Waals surface area contributed by atoms with Gasteiger partial charge >= 0.3 is 89.1 Å². The van der Waals surface area contributed by atoms with Gasteiger partial charge in [-0.25, -0.2) is 4.79 Å². The van der Waals surface area contributed by atoms with E-state index in [1.54, 1.807) is 0 Å². The van der Waals surface area contributed by atoms with Crippen LogP contribution < -0.4 is 0 Å². The zero-order chi connectivity index (χ0) is 43.9. The topological polar surface area (TPSA) is 37.3 Å². The molecule has 0 radical (unpaired) electrons. The van der Waals surface area contributed by atoms with Crippen LogP contribution >= 0.6 is 0 Å². The molecular weight excluding hydrogens is 849 g/mol. The van der Waals surface area contributed by atoms with Crippen molar-refractivity contribution in [3.8, 4) is 0 Å². The Labute approximate surface area is 272 Å². The van der Waals surface area contributed by atoms with Gasteiger partial charge in [0.25, 0.3) is 0 Å². The molecule has 0 heterocycles. The molecule has 0 rings (SSSR count). The quantitative estimate of drug-likeness (QED) is 0.110. The molecule has 0 bridgehead atoms. The monoisotopic (exact) mass is 864 g/mol. The van der Waals surface area contributed by atoms with Gasteiger partial charge in [-0.2, -0.15) is 127 Å². The minimum atomic E-state index is -9.96. The van der Waals surface area contributed by atoms with Crippen molar-refractivity contribution in [2.75, 3.05) is 27.2 Å². The zero-order valence-corrected chi connectivity index (χ0v) is 24.6. The molecule has 0 aromatic heterocycles. The molecule has 318 valence electrons. The number of quaternary nitrogens is 1. The predicted octanol–water partition coefficient (Wildman–Crippen LogP) is 9.75. The summed E-state index contributed by atoms with van der Waals surface area (Å²) in [6.07, 6.45) is -13.0. The van der Waals surface area contributed by atoms with Gasteiger partial charge in [-0.3, -0.25) is 0 Å². The summed E-state index contributed by atoms with van der Waals surface area (Å²) in [5.41, 5.74) is 0. The summed E-state index contributed by atoms with van der Waals surface area (Å²) in [7, 11) is 1.55. The van der Waals surface area contributed by atoms with Gasteiger partial charge in [0.15, 0.2) is 6.54 Å². The number of halogens is 29. The van der Waals surface area contributed by atoms with E-state index in [0.717, 1.165) is 14.1 Å². The van der Waals surface area contributed by atoms with Crippen molar-refractivity contribution < 1.29 is 142 Å². The van der Waals surface area contributed by atoms with Crippen LogP contribution in [0.25, 0.3) is 0 Å². The standard InChI is InChI=1S/C21H14F29NO2/c1-51(2,6-7(52)53)5-3-4-8(22,23)9(24,25)10(26,27)11(28,29)12(30,31)13(32,33)14(34,35)15(36,37)16(38,39)17(40,41)18(42,43)19(44,45)20(46,47)21(48,49)50/h3-6H2,1-2H3/p+1. The van der Waals surface area contributed by atoms with E-state index >= 15 is 0 Å². The maximum Gasteiger partial charge on any atom is 0.460 e. The van der Waals surface area contributed by atoms with Crippen molar-refractivity contribution in [3.05, 3.63) is 0 Å². The summed E-state index contributed by atoms with van der Waals surface area (Å²) in [4.78, 5) is 10.6. The van der Waals surface area contributed by atoms with Crippen LogP contribution in [0.1, 0.15) is 12.8 Å². The Kier molecular flexibility index (Phi) is 12.3. The minimum Gasteiger partial charge on any atom is -0.477 e. The normalized spacial score (nSPS) is 16.7. The van der Waals surface area contributed by atoms with Crippen molar-refractivity contribution in [2.45, 2.75) is 96.0 Å². The maximum atomic E-state index is 14.0. The van der Waals surface area contributed by atoms with Crippen LogP contribution in [-0.4, -0.2) is 126 Å². The van der Waals surface area contributed by atoms with Gasteiger partial charge in [-0.15, -0.1) is 0 Å². The number of carbonyl (C=O) groups is 1. The van der Waals surface area contributed by atoms with Crippen LogP contribution in [-0.2, 0) is 4.79 Å². The lowest BCUT2D eigenvalue weighted by Gasteiger charge is -2.46. The fourth-order valence-electron chi connectivity index (χ4n) is 3.71. The molecule has 0 amide bonds. The molecule has 0 saturated carbocycles. The average molecular weight is 864 g/mol. The molecule has 3 nitrogen and oxygen atoms in total. The summed E-state index contributed by atoms with van der Waals surface area (Å²) < 4.78 is 392. The molecule has 0 aliphatic carbocycles. The lowest BCUT2D eigenvalue weighted by Crippen LogP contribution is -2.79. The number of nitrogens with zero attached hydrogens (tertiary/aromatic N) is 1. The van der Waals surface area contributed by atoms with Gasteiger partial charge in [0.1, 0.15) is 0 Å². The molecule has 0 spiro atoms. The molecule has 0 aliphatic rings. The van der Waals surface area contributed by atoms with Gasteiger partial charge < -0.3 is 9.59 Å². The first kappa shape index (κ1) is 50.4. The van der Waals surface area contributed by atoms with Gasteiger partial charge in [0.2, 0.25) is 0 Å². The Morgan fingerprint density at radius 2 is 0.604 bits per heavy atom. The fourth-order valence-corrected chi connectivity index (χ4v) is 3.71. The molecular formula is C21H15F29NO2+. The summed E-state index contributed by atoms with van der Waals surface area (Å²) in [5.74, 6) is -122. The fraction of sp³-hybridized carbons (Fsp3) is 0.952. The molecule has 0 fully saturated rings. The van der Waals surface area contributed by atoms with E-state index in [-0.39, 0.29) is 0 Å². The van der Waals surface area contributed by atoms with Gasteiger partial charge in [0.05, 0.1) is 20.6 Å². The number of hydrogen-bond acceptors (Lipinski definition) is 1. The first-order valence-electron chi connectivity index (χ1n) is 12.4. The van der Waals surface area contributed by atoms with Crippen LogP contribution in [0.5, 0.6) is 0 Å². The molecule has 1 N–H and O–H groups in total. The molecule has 0 unspecified atom stereocenters. The first-order valence-corrected chi connectivity index (χ1v) is 12.4. The zero-order valence-electron chi connectivity index (χ0n) is 24.6. The van der Waals surface area contributed by atoms with Crippen LogP contribution in [0.4, 0.5) is 127 Å². The Morgan fingerprint density at radius 3 is 0.811 bits per heavy atom. The van der Waals surface area contributed by atoms with Crippen LogP contribution in [0.2, 0.25) is 0 Å². The number of carboxylic acids is 1. The number of rotatable bonds is 18. The molecule has 0 aromatic carbocycles. The molecule has 0 aromatic rings. The molecule has 0 atom stereocenters. The Bertz CT molecular complexity index is 1330. The second-order valence-corrected chi connectivity index (χ2v) is 11.4. The number of alkyl halides is 29. The maximum absolute atomic E-state index is 14.0. The number of aliphatic carboxylic acids is 1. The lowest BCUT2D eigenvalue weighted by atomic mass is 9.83. The van der Waals surface area contributed by atoms with E-state index < -0.39 is 120 Å². The molecule has 53 heavy (non-hydrogen) atoms. The predicted molar refractivity (Wildman–Crippen MR) is 109 cm³/mol. The van der Waals surface area contributed by atoms with Gasteiger partial charge in [0, 0.05) is 12.8 Å². The van der Waals surface area contributed by atoms with E-state index in [2.05, 4.69) is 0 Å². The largest absolute Gasteiger partial charge is 0.477 e. The van der Waals surface area contributed by atoms with E-state index in [1.807, 2.05) is 0 Å². The van der Waals surface area contributed by atoms with E-state index in [1.165, 1.54) is 0 Å². The molecule has 0 saturated heterocycles. The SMILES string of the molecule is C[N+](C)(CCCC(F)(F)C(F)(F)C(F)(F)C(F)(F)C(F)(F)C(F)(F)C(F)(F)C(F)(F)C(F)(F)C(F)(F)C(F)(F)C(F)(F)C(F)(F)C(F)(F)F)CC(=O)O. The highest BCUT2D eigenvalue weighted by atomic mass is 19.4. The molecule has 32 heteroatoms. The Hall–Kier alpha value is -2.60. The third kappa shape index (κ3) is 6.84. The number of likely N-dealkylation sites (N-methyl/N-ethyl adjacent to an activating group) is 1.